The van der Waals surface area contributed by atoms with Gasteiger partial charge in [0.15, 0.2) is 0 Å². The van der Waals surface area contributed by atoms with Crippen LogP contribution in [0.5, 0.6) is 0 Å². The summed E-state index contributed by atoms with van der Waals surface area (Å²) in [6.45, 7) is 5.30. The number of hydrogen-bond acceptors (Lipinski definition) is 3. The maximum atomic E-state index is 5.45. The Morgan fingerprint density at radius 3 is 2.83 bits per heavy atom. The predicted octanol–water partition coefficient (Wildman–Crippen LogP) is 3.11. The molecule has 2 aromatic rings. The van der Waals surface area contributed by atoms with E-state index in [4.69, 9.17) is 9.84 Å². The van der Waals surface area contributed by atoms with Crippen molar-refractivity contribution in [2.45, 2.75) is 25.3 Å². The first-order valence-corrected chi connectivity index (χ1v) is 8.85. The molecule has 1 aromatic carbocycles. The molecule has 23 heavy (non-hydrogen) atoms. The molecule has 120 valence electrons. The Bertz CT molecular complexity index is 755. The number of fused-ring (bicyclic) bond motifs is 4. The van der Waals surface area contributed by atoms with Crippen LogP contribution in [0.3, 0.4) is 0 Å². The van der Waals surface area contributed by atoms with Gasteiger partial charge in [0.05, 0.1) is 31.0 Å². The van der Waals surface area contributed by atoms with Crippen molar-refractivity contribution in [1.82, 2.24) is 14.7 Å². The minimum atomic E-state index is 0.550. The molecular formula is C19H23N3O. The molecule has 4 aliphatic rings. The van der Waals surface area contributed by atoms with Crippen molar-refractivity contribution in [3.63, 3.8) is 0 Å². The van der Waals surface area contributed by atoms with Crippen molar-refractivity contribution in [2.75, 3.05) is 32.8 Å². The van der Waals surface area contributed by atoms with E-state index in [1.165, 1.54) is 54.5 Å². The van der Waals surface area contributed by atoms with E-state index in [9.17, 15) is 0 Å². The lowest BCUT2D eigenvalue weighted by Gasteiger charge is -2.44. The lowest BCUT2D eigenvalue weighted by Crippen LogP contribution is -2.48. The van der Waals surface area contributed by atoms with Gasteiger partial charge in [-0.2, -0.15) is 5.10 Å². The maximum Gasteiger partial charge on any atom is 0.0692 e. The van der Waals surface area contributed by atoms with E-state index in [1.54, 1.807) is 0 Å². The fraction of sp³-hybridized carbons (Fsp3) is 0.526. The monoisotopic (exact) mass is 309 g/mol. The van der Waals surface area contributed by atoms with E-state index in [2.05, 4.69) is 33.9 Å². The fourth-order valence-corrected chi connectivity index (χ4v) is 4.50. The predicted molar refractivity (Wildman–Crippen MR) is 91.3 cm³/mol. The number of piperidine rings is 3. The number of ether oxygens (including phenoxy) is 1. The van der Waals surface area contributed by atoms with Crippen LogP contribution in [0, 0.1) is 5.92 Å². The lowest BCUT2D eigenvalue weighted by molar-refractivity contribution is 0.0534. The zero-order chi connectivity index (χ0) is 15.2. The Kier molecular flexibility index (Phi) is 3.27. The van der Waals surface area contributed by atoms with Crippen LogP contribution in [-0.2, 0) is 4.74 Å². The summed E-state index contributed by atoms with van der Waals surface area (Å²) in [7, 11) is 0. The molecule has 0 spiro atoms. The van der Waals surface area contributed by atoms with Crippen LogP contribution < -0.4 is 0 Å². The Labute approximate surface area is 136 Å². The van der Waals surface area contributed by atoms with E-state index < -0.39 is 0 Å². The van der Waals surface area contributed by atoms with Gasteiger partial charge in [-0.25, -0.2) is 0 Å². The second-order valence-electron chi connectivity index (χ2n) is 7.12. The van der Waals surface area contributed by atoms with E-state index in [0.717, 1.165) is 25.6 Å². The summed E-state index contributed by atoms with van der Waals surface area (Å²) < 4.78 is 7.76. The summed E-state index contributed by atoms with van der Waals surface area (Å²) in [6, 6.07) is 7.36. The number of rotatable bonds is 2. The molecule has 2 bridgehead atoms. The third kappa shape index (κ3) is 2.32. The second-order valence-corrected chi connectivity index (χ2v) is 7.12. The third-order valence-corrected chi connectivity index (χ3v) is 5.87. The topological polar surface area (TPSA) is 30.3 Å². The van der Waals surface area contributed by atoms with Crippen LogP contribution in [0.15, 0.2) is 30.5 Å². The number of hydrogen-bond donors (Lipinski definition) is 0. The fourth-order valence-electron chi connectivity index (χ4n) is 4.50. The highest BCUT2D eigenvalue weighted by molar-refractivity contribution is 5.83. The number of aromatic nitrogens is 2. The molecule has 4 nitrogen and oxygen atoms in total. The number of nitrogens with zero attached hydrogens (tertiary/aromatic N) is 3. The average Bonchev–Trinajstić information content (AvgIpc) is 3.06. The molecule has 3 saturated heterocycles. The molecule has 4 aliphatic heterocycles. The molecule has 0 saturated carbocycles. The Hall–Kier alpha value is -1.65. The SMILES string of the molecule is C1=C(c2ccc3cnn([C@H]4CN5CCC4CC5)c3c2)CCOC1. The summed E-state index contributed by atoms with van der Waals surface area (Å²) >= 11 is 0. The lowest BCUT2D eigenvalue weighted by atomic mass is 9.84. The average molecular weight is 309 g/mol. The molecule has 6 rings (SSSR count). The van der Waals surface area contributed by atoms with Crippen molar-refractivity contribution in [3.05, 3.63) is 36.0 Å². The molecule has 3 fully saturated rings. The molecule has 0 N–H and O–H groups in total. The smallest absolute Gasteiger partial charge is 0.0692 e. The van der Waals surface area contributed by atoms with Gasteiger partial charge in [-0.1, -0.05) is 18.2 Å². The molecule has 0 unspecified atom stereocenters. The van der Waals surface area contributed by atoms with Crippen molar-refractivity contribution < 1.29 is 4.74 Å². The van der Waals surface area contributed by atoms with Gasteiger partial charge in [0.1, 0.15) is 0 Å². The molecule has 0 aliphatic carbocycles. The molecule has 5 heterocycles. The van der Waals surface area contributed by atoms with Gasteiger partial charge >= 0.3 is 0 Å². The van der Waals surface area contributed by atoms with Crippen LogP contribution >= 0.6 is 0 Å². The van der Waals surface area contributed by atoms with E-state index in [-0.39, 0.29) is 0 Å². The zero-order valence-corrected chi connectivity index (χ0v) is 13.4. The summed E-state index contributed by atoms with van der Waals surface area (Å²) in [5.74, 6) is 0.800. The number of benzene rings is 1. The van der Waals surface area contributed by atoms with Crippen molar-refractivity contribution in [2.24, 2.45) is 5.92 Å². The van der Waals surface area contributed by atoms with Gasteiger partial charge < -0.3 is 9.64 Å². The van der Waals surface area contributed by atoms with Gasteiger partial charge in [0.25, 0.3) is 0 Å². The van der Waals surface area contributed by atoms with Crippen LogP contribution in [0.4, 0.5) is 0 Å². The minimum Gasteiger partial charge on any atom is -0.377 e. The first-order chi connectivity index (χ1) is 11.4. The highest BCUT2D eigenvalue weighted by Crippen LogP contribution is 2.37. The van der Waals surface area contributed by atoms with Gasteiger partial charge in [-0.15, -0.1) is 0 Å². The van der Waals surface area contributed by atoms with Gasteiger partial charge in [0.2, 0.25) is 0 Å². The van der Waals surface area contributed by atoms with Crippen molar-refractivity contribution >= 4 is 16.5 Å². The molecular weight excluding hydrogens is 286 g/mol. The van der Waals surface area contributed by atoms with Crippen LogP contribution in [0.25, 0.3) is 16.5 Å². The molecule has 4 heteroatoms. The molecule has 1 atom stereocenters. The van der Waals surface area contributed by atoms with Crippen LogP contribution in [0.1, 0.15) is 30.9 Å². The zero-order valence-electron chi connectivity index (χ0n) is 13.4. The van der Waals surface area contributed by atoms with Crippen molar-refractivity contribution in [1.29, 1.82) is 0 Å². The van der Waals surface area contributed by atoms with Gasteiger partial charge in [-0.05, 0) is 55.5 Å². The van der Waals surface area contributed by atoms with Crippen LogP contribution in [-0.4, -0.2) is 47.5 Å². The van der Waals surface area contributed by atoms with E-state index in [1.807, 2.05) is 6.20 Å². The maximum absolute atomic E-state index is 5.45. The Balaban J connectivity index is 1.55. The highest BCUT2D eigenvalue weighted by atomic mass is 16.5. The standard InChI is InChI=1S/C19H23N3O/c1-2-17-12-20-22(19-13-21-7-3-15(19)4-8-21)18(17)11-16(1)14-5-9-23-10-6-14/h1-2,5,11-12,15,19H,3-4,6-10,13H2/t19-/m0/s1. The van der Waals surface area contributed by atoms with E-state index >= 15 is 0 Å². The summed E-state index contributed by atoms with van der Waals surface area (Å²) in [4.78, 5) is 2.60. The quantitative estimate of drug-likeness (QED) is 0.854. The normalized spacial score (nSPS) is 30.6. The Morgan fingerprint density at radius 1 is 1.17 bits per heavy atom. The molecule has 1 aromatic heterocycles. The minimum absolute atomic E-state index is 0.550. The largest absolute Gasteiger partial charge is 0.377 e. The highest BCUT2D eigenvalue weighted by Gasteiger charge is 2.36. The molecule has 0 amide bonds. The first-order valence-electron chi connectivity index (χ1n) is 8.85. The first kappa shape index (κ1) is 13.8. The van der Waals surface area contributed by atoms with Gasteiger partial charge in [-0.3, -0.25) is 4.68 Å². The van der Waals surface area contributed by atoms with E-state index in [0.29, 0.717) is 6.04 Å². The summed E-state index contributed by atoms with van der Waals surface area (Å²) in [5.41, 5.74) is 4.05. The Morgan fingerprint density at radius 2 is 2.09 bits per heavy atom. The summed E-state index contributed by atoms with van der Waals surface area (Å²) in [5, 5.41) is 6.03. The van der Waals surface area contributed by atoms with Gasteiger partial charge in [0, 0.05) is 11.9 Å². The second kappa shape index (κ2) is 5.46. The van der Waals surface area contributed by atoms with Crippen molar-refractivity contribution in [3.8, 4) is 0 Å². The van der Waals surface area contributed by atoms with Crippen LogP contribution in [0.2, 0.25) is 0 Å². The third-order valence-electron chi connectivity index (χ3n) is 5.87. The summed E-state index contributed by atoms with van der Waals surface area (Å²) in [6.07, 6.45) is 7.93. The molecule has 0 radical (unpaired) electrons.